The summed E-state index contributed by atoms with van der Waals surface area (Å²) in [5.74, 6) is 0.687. The van der Waals surface area contributed by atoms with Gasteiger partial charge in [-0.15, -0.1) is 0 Å². The molecule has 0 aliphatic heterocycles. The predicted molar refractivity (Wildman–Crippen MR) is 154 cm³/mol. The second-order valence-electron chi connectivity index (χ2n) is 8.80. The summed E-state index contributed by atoms with van der Waals surface area (Å²) in [5.41, 5.74) is 9.06. The molecule has 0 radical (unpaired) electrons. The van der Waals surface area contributed by atoms with E-state index in [1.807, 2.05) is 66.7 Å². The van der Waals surface area contributed by atoms with E-state index in [0.717, 1.165) is 55.4 Å². The van der Waals surface area contributed by atoms with E-state index in [9.17, 15) is 0 Å². The van der Waals surface area contributed by atoms with Crippen molar-refractivity contribution in [1.82, 2.24) is 9.97 Å². The third-order valence-corrected chi connectivity index (χ3v) is 6.72. The number of hydrogen-bond acceptors (Lipinski definition) is 2. The molecule has 1 heterocycles. The molecule has 0 saturated carbocycles. The molecule has 6 aromatic rings. The van der Waals surface area contributed by atoms with Crippen molar-refractivity contribution in [2.75, 3.05) is 0 Å². The average Bonchev–Trinajstić information content (AvgIpc) is 2.98. The molecule has 0 spiro atoms. The summed E-state index contributed by atoms with van der Waals surface area (Å²) in [6, 6.07) is 47.3. The Morgan fingerprint density at radius 3 is 1.43 bits per heavy atom. The molecular weight excluding hydrogens is 472 g/mol. The highest BCUT2D eigenvalue weighted by Gasteiger charge is 2.15. The summed E-state index contributed by atoms with van der Waals surface area (Å²) < 4.78 is 0. The Hall–Kier alpha value is -4.53. The Morgan fingerprint density at radius 1 is 0.378 bits per heavy atom. The van der Waals surface area contributed by atoms with Gasteiger partial charge in [-0.2, -0.15) is 0 Å². The zero-order valence-corrected chi connectivity index (χ0v) is 20.8. The largest absolute Gasteiger partial charge is 0.228 e. The number of rotatable bonds is 5. The van der Waals surface area contributed by atoms with Gasteiger partial charge in [0.1, 0.15) is 0 Å². The van der Waals surface area contributed by atoms with E-state index in [1.165, 1.54) is 0 Å². The Balaban J connectivity index is 1.54. The van der Waals surface area contributed by atoms with Gasteiger partial charge < -0.3 is 0 Å². The van der Waals surface area contributed by atoms with Crippen LogP contribution in [0.4, 0.5) is 0 Å². The highest BCUT2D eigenvalue weighted by atomic mass is 35.5. The molecule has 37 heavy (non-hydrogen) atoms. The molecule has 176 valence electrons. The Bertz CT molecular complexity index is 1610. The van der Waals surface area contributed by atoms with Crippen LogP contribution in [0, 0.1) is 0 Å². The monoisotopic (exact) mass is 494 g/mol. The van der Waals surface area contributed by atoms with Crippen molar-refractivity contribution in [2.24, 2.45) is 0 Å². The smallest absolute Gasteiger partial charge is 0.161 e. The Kier molecular flexibility index (Phi) is 6.33. The van der Waals surface area contributed by atoms with Gasteiger partial charge in [0.2, 0.25) is 0 Å². The third kappa shape index (κ3) is 4.80. The number of halogens is 1. The summed E-state index contributed by atoms with van der Waals surface area (Å²) >= 11 is 6.63. The van der Waals surface area contributed by atoms with E-state index < -0.39 is 0 Å². The van der Waals surface area contributed by atoms with Crippen LogP contribution >= 0.6 is 11.6 Å². The number of nitrogens with zero attached hydrogens (tertiary/aromatic N) is 2. The van der Waals surface area contributed by atoms with Crippen molar-refractivity contribution in [1.29, 1.82) is 0 Å². The van der Waals surface area contributed by atoms with Gasteiger partial charge in [0, 0.05) is 27.3 Å². The van der Waals surface area contributed by atoms with Crippen LogP contribution < -0.4 is 0 Å². The fraction of sp³-hybridized carbons (Fsp3) is 0. The summed E-state index contributed by atoms with van der Waals surface area (Å²) in [6.45, 7) is 0. The maximum atomic E-state index is 6.63. The van der Waals surface area contributed by atoms with Crippen LogP contribution in [0.1, 0.15) is 0 Å². The van der Waals surface area contributed by atoms with Gasteiger partial charge in [-0.3, -0.25) is 0 Å². The third-order valence-electron chi connectivity index (χ3n) is 6.40. The first-order valence-electron chi connectivity index (χ1n) is 12.2. The van der Waals surface area contributed by atoms with Gasteiger partial charge in [0.15, 0.2) is 5.82 Å². The lowest BCUT2D eigenvalue weighted by Crippen LogP contribution is -1.97. The topological polar surface area (TPSA) is 25.8 Å². The number of benzene rings is 5. The van der Waals surface area contributed by atoms with Crippen LogP contribution in [0.15, 0.2) is 140 Å². The molecule has 0 bridgehead atoms. The molecule has 1 aromatic heterocycles. The quantitative estimate of drug-likeness (QED) is 0.238. The van der Waals surface area contributed by atoms with Gasteiger partial charge >= 0.3 is 0 Å². The second-order valence-corrected chi connectivity index (χ2v) is 9.21. The molecule has 0 unspecified atom stereocenters. The molecular formula is C34H23ClN2. The van der Waals surface area contributed by atoms with Crippen molar-refractivity contribution in [3.63, 3.8) is 0 Å². The highest BCUT2D eigenvalue weighted by molar-refractivity contribution is 6.33. The highest BCUT2D eigenvalue weighted by Crippen LogP contribution is 2.37. The van der Waals surface area contributed by atoms with Crippen molar-refractivity contribution in [2.45, 2.75) is 0 Å². The van der Waals surface area contributed by atoms with Crippen molar-refractivity contribution >= 4 is 11.6 Å². The van der Waals surface area contributed by atoms with Crippen molar-refractivity contribution in [3.8, 4) is 56.2 Å². The molecule has 0 atom stereocenters. The molecule has 2 nitrogen and oxygen atoms in total. The molecule has 0 fully saturated rings. The fourth-order valence-corrected chi connectivity index (χ4v) is 4.77. The minimum Gasteiger partial charge on any atom is -0.228 e. The van der Waals surface area contributed by atoms with Gasteiger partial charge in [-0.1, -0.05) is 133 Å². The van der Waals surface area contributed by atoms with E-state index in [-0.39, 0.29) is 0 Å². The Labute approximate surface area is 221 Å². The first-order chi connectivity index (χ1) is 18.3. The lowest BCUT2D eigenvalue weighted by atomic mass is 9.95. The lowest BCUT2D eigenvalue weighted by molar-refractivity contribution is 1.18. The van der Waals surface area contributed by atoms with Gasteiger partial charge in [-0.05, 0) is 34.9 Å². The van der Waals surface area contributed by atoms with Crippen LogP contribution in [0.3, 0.4) is 0 Å². The normalized spacial score (nSPS) is 10.8. The first-order valence-corrected chi connectivity index (χ1v) is 12.6. The zero-order valence-electron chi connectivity index (χ0n) is 20.1. The van der Waals surface area contributed by atoms with Crippen molar-refractivity contribution < 1.29 is 0 Å². The average molecular weight is 495 g/mol. The lowest BCUT2D eigenvalue weighted by Gasteiger charge is -2.14. The van der Waals surface area contributed by atoms with Crippen molar-refractivity contribution in [3.05, 3.63) is 145 Å². The van der Waals surface area contributed by atoms with Crippen LogP contribution in [0.5, 0.6) is 0 Å². The van der Waals surface area contributed by atoms with Crippen LogP contribution in [-0.2, 0) is 0 Å². The predicted octanol–water partition coefficient (Wildman–Crippen LogP) is 9.46. The zero-order chi connectivity index (χ0) is 25.0. The van der Waals surface area contributed by atoms with Crippen LogP contribution in [-0.4, -0.2) is 9.97 Å². The van der Waals surface area contributed by atoms with Gasteiger partial charge in [-0.25, -0.2) is 9.97 Å². The van der Waals surface area contributed by atoms with E-state index in [0.29, 0.717) is 5.82 Å². The Morgan fingerprint density at radius 2 is 0.865 bits per heavy atom. The number of aromatic nitrogens is 2. The molecule has 0 N–H and O–H groups in total. The standard InChI is InChI=1S/C34H23ClN2/c35-31-21-20-27(22-30(31)24-12-4-1-5-13-24)28-18-10-11-19-29(28)34-36-32(25-14-6-2-7-15-25)23-33(37-34)26-16-8-3-9-17-26/h1-23H. The molecule has 6 rings (SSSR count). The molecule has 0 aliphatic rings. The van der Waals surface area contributed by atoms with E-state index in [2.05, 4.69) is 72.8 Å². The molecule has 3 heteroatoms. The first kappa shape index (κ1) is 22.9. The summed E-state index contributed by atoms with van der Waals surface area (Å²) in [5, 5.41) is 0.723. The van der Waals surface area contributed by atoms with E-state index in [1.54, 1.807) is 0 Å². The van der Waals surface area contributed by atoms with Crippen LogP contribution in [0.25, 0.3) is 56.2 Å². The summed E-state index contributed by atoms with van der Waals surface area (Å²) in [7, 11) is 0. The van der Waals surface area contributed by atoms with E-state index >= 15 is 0 Å². The maximum absolute atomic E-state index is 6.63. The summed E-state index contributed by atoms with van der Waals surface area (Å²) in [4.78, 5) is 10.1. The molecule has 5 aromatic carbocycles. The SMILES string of the molecule is Clc1ccc(-c2ccccc2-c2nc(-c3ccccc3)cc(-c3ccccc3)n2)cc1-c1ccccc1. The van der Waals surface area contributed by atoms with E-state index in [4.69, 9.17) is 21.6 Å². The van der Waals surface area contributed by atoms with Gasteiger partial charge in [0.25, 0.3) is 0 Å². The fourth-order valence-electron chi connectivity index (χ4n) is 4.54. The van der Waals surface area contributed by atoms with Crippen LogP contribution in [0.2, 0.25) is 5.02 Å². The molecule has 0 amide bonds. The molecule has 0 saturated heterocycles. The number of hydrogen-bond donors (Lipinski definition) is 0. The minimum absolute atomic E-state index is 0.687. The summed E-state index contributed by atoms with van der Waals surface area (Å²) in [6.07, 6.45) is 0. The minimum atomic E-state index is 0.687. The molecule has 0 aliphatic carbocycles. The maximum Gasteiger partial charge on any atom is 0.161 e. The second kappa shape index (κ2) is 10.2. The van der Waals surface area contributed by atoms with Gasteiger partial charge in [0.05, 0.1) is 11.4 Å².